The molecule has 0 aromatic heterocycles. The Kier molecular flexibility index (Phi) is 2.68. The molecule has 3 rings (SSSR count). The van der Waals surface area contributed by atoms with E-state index in [-0.39, 0.29) is 29.1 Å². The van der Waals surface area contributed by atoms with Gasteiger partial charge in [-0.05, 0) is 24.3 Å². The van der Waals surface area contributed by atoms with Crippen molar-refractivity contribution >= 4 is 6.08 Å². The van der Waals surface area contributed by atoms with Crippen molar-refractivity contribution < 1.29 is 25.2 Å². The summed E-state index contributed by atoms with van der Waals surface area (Å²) in [6, 6.07) is 7.20. The van der Waals surface area contributed by atoms with E-state index < -0.39 is 0 Å². The number of ether oxygens (including phenoxy) is 1. The largest absolute Gasteiger partial charge is 0.574 e. The van der Waals surface area contributed by atoms with Gasteiger partial charge in [-0.2, -0.15) is 0 Å². The lowest BCUT2D eigenvalue weighted by Crippen LogP contribution is -2.05. The van der Waals surface area contributed by atoms with E-state index in [9.17, 15) is 20.4 Å². The van der Waals surface area contributed by atoms with Crippen LogP contribution in [-0.2, 0) is 0 Å². The summed E-state index contributed by atoms with van der Waals surface area (Å²) in [5, 5.41) is 38.0. The predicted molar refractivity (Wildman–Crippen MR) is 73.0 cm³/mol. The van der Waals surface area contributed by atoms with Gasteiger partial charge in [0, 0.05) is 12.1 Å². The molecule has 5 nitrogen and oxygen atoms in total. The molecule has 0 spiro atoms. The van der Waals surface area contributed by atoms with Crippen LogP contribution in [0.15, 0.2) is 36.4 Å². The fourth-order valence-electron chi connectivity index (χ4n) is 2.18. The van der Waals surface area contributed by atoms with E-state index in [1.165, 1.54) is 24.3 Å². The number of fused-ring (bicyclic) bond motifs is 1. The minimum atomic E-state index is -0.352. The van der Waals surface area contributed by atoms with Gasteiger partial charge >= 0.3 is 0 Å². The number of rotatable bonds is 1. The minimum absolute atomic E-state index is 0.0352. The number of phenolic OH excluding ortho intramolecular Hbond substituents is 4. The maximum atomic E-state index is 9.73. The van der Waals surface area contributed by atoms with Crippen LogP contribution in [0.5, 0.6) is 28.7 Å². The van der Waals surface area contributed by atoms with E-state index >= 15 is 0 Å². The Balaban J connectivity index is 1.98. The zero-order chi connectivity index (χ0) is 14.3. The van der Waals surface area contributed by atoms with Gasteiger partial charge in [-0.3, -0.25) is 0 Å². The molecule has 0 bridgehead atoms. The maximum absolute atomic E-state index is 9.73. The van der Waals surface area contributed by atoms with Gasteiger partial charge in [0.1, 0.15) is 17.1 Å². The second-order valence-corrected chi connectivity index (χ2v) is 4.58. The van der Waals surface area contributed by atoms with Crippen molar-refractivity contribution in [1.82, 2.24) is 0 Å². The summed E-state index contributed by atoms with van der Waals surface area (Å²) in [6.07, 6.45) is 3.13. The molecule has 102 valence electrons. The average molecular weight is 273 g/mol. The quantitative estimate of drug-likeness (QED) is 0.474. The third-order valence-electron chi connectivity index (χ3n) is 3.19. The summed E-state index contributed by atoms with van der Waals surface area (Å²) in [7, 11) is 0. The molecule has 1 atom stereocenters. The third-order valence-corrected chi connectivity index (χ3v) is 3.19. The molecule has 0 saturated heterocycles. The van der Waals surface area contributed by atoms with Gasteiger partial charge in [0.05, 0.1) is 11.6 Å². The Morgan fingerprint density at radius 1 is 0.850 bits per heavy atom. The smallest absolute Gasteiger partial charge is 0.270 e. The summed E-state index contributed by atoms with van der Waals surface area (Å²) in [5.74, 6) is -0.0259. The number of benzene rings is 2. The van der Waals surface area contributed by atoms with Crippen LogP contribution in [0.3, 0.4) is 0 Å². The van der Waals surface area contributed by atoms with Crippen LogP contribution < -0.4 is 0 Å². The van der Waals surface area contributed by atoms with Gasteiger partial charge in [0.2, 0.25) is 6.10 Å². The fraction of sp³-hybridized carbons (Fsp3) is 0.0667. The lowest BCUT2D eigenvalue weighted by atomic mass is 10.0. The predicted octanol–water partition coefficient (Wildman–Crippen LogP) is 2.52. The summed E-state index contributed by atoms with van der Waals surface area (Å²) in [6.45, 7) is 0. The first-order valence-corrected chi connectivity index (χ1v) is 6.01. The molecule has 2 aromatic rings. The Hall–Kier alpha value is -2.82. The average Bonchev–Trinajstić information content (AvgIpc) is 2.41. The van der Waals surface area contributed by atoms with Crippen LogP contribution in [0.2, 0.25) is 0 Å². The van der Waals surface area contributed by atoms with E-state index in [4.69, 9.17) is 0 Å². The molecule has 1 aliphatic rings. The monoisotopic (exact) mass is 273 g/mol. The summed E-state index contributed by atoms with van der Waals surface area (Å²) in [5.41, 5.74) is 1.24. The van der Waals surface area contributed by atoms with Crippen molar-refractivity contribution in [2.45, 2.75) is 6.10 Å². The van der Waals surface area contributed by atoms with Crippen LogP contribution in [-0.4, -0.2) is 25.2 Å². The highest BCUT2D eigenvalue weighted by Crippen LogP contribution is 2.41. The molecule has 1 unspecified atom stereocenters. The van der Waals surface area contributed by atoms with Gasteiger partial charge in [-0.15, -0.1) is 0 Å². The van der Waals surface area contributed by atoms with E-state index in [2.05, 4.69) is 4.74 Å². The van der Waals surface area contributed by atoms with Crippen molar-refractivity contribution in [2.75, 3.05) is 0 Å². The first-order chi connectivity index (χ1) is 9.54. The normalized spacial score (nSPS) is 16.5. The second kappa shape index (κ2) is 4.38. The van der Waals surface area contributed by atoms with Crippen molar-refractivity contribution in [2.24, 2.45) is 0 Å². The molecule has 5 heteroatoms. The SMILES string of the molecule is Oc1cc(O)c2c(c1)[OH+]C(c1ccc(O)c(O)c1)C=C2. The lowest BCUT2D eigenvalue weighted by Gasteiger charge is -2.20. The topological polar surface area (TPSA) is 93.7 Å². The molecule has 0 saturated carbocycles. The number of hydrogen-bond acceptors (Lipinski definition) is 4. The molecule has 1 heterocycles. The molecule has 0 amide bonds. The molecule has 0 aliphatic carbocycles. The number of hydrogen-bond donors (Lipinski definition) is 4. The lowest BCUT2D eigenvalue weighted by molar-refractivity contribution is 0.0125. The number of aromatic hydroxyl groups is 5. The summed E-state index contributed by atoms with van der Waals surface area (Å²) >= 11 is 0. The number of phenols is 4. The highest BCUT2D eigenvalue weighted by atomic mass is 16.5. The van der Waals surface area contributed by atoms with Crippen molar-refractivity contribution in [3.63, 3.8) is 0 Å². The highest BCUT2D eigenvalue weighted by molar-refractivity contribution is 5.67. The Morgan fingerprint density at radius 3 is 2.40 bits per heavy atom. The highest BCUT2D eigenvalue weighted by Gasteiger charge is 2.25. The van der Waals surface area contributed by atoms with Crippen LogP contribution >= 0.6 is 0 Å². The summed E-state index contributed by atoms with van der Waals surface area (Å²) < 4.78 is 4.41. The molecule has 1 aliphatic heterocycles. The second-order valence-electron chi connectivity index (χ2n) is 4.58. The van der Waals surface area contributed by atoms with E-state index in [0.29, 0.717) is 16.9 Å². The maximum Gasteiger partial charge on any atom is 0.270 e. The van der Waals surface area contributed by atoms with Crippen molar-refractivity contribution in [1.29, 1.82) is 0 Å². The van der Waals surface area contributed by atoms with Crippen LogP contribution in [0.1, 0.15) is 17.2 Å². The standard InChI is InChI=1S/C15H12O5/c16-9-6-12(18)10-2-4-14(20-15(10)7-9)8-1-3-11(17)13(19)5-8/h1-7,14,16-19H/p+1. The van der Waals surface area contributed by atoms with Gasteiger partial charge in [0.25, 0.3) is 5.75 Å². The minimum Gasteiger partial charge on any atom is -0.574 e. The van der Waals surface area contributed by atoms with Gasteiger partial charge in [-0.1, -0.05) is 0 Å². The fourth-order valence-corrected chi connectivity index (χ4v) is 2.18. The first kappa shape index (κ1) is 12.2. The van der Waals surface area contributed by atoms with Crippen LogP contribution in [0, 0.1) is 0 Å². The number of aliphatic hydroxyl groups is 1. The zero-order valence-electron chi connectivity index (χ0n) is 10.4. The first-order valence-electron chi connectivity index (χ1n) is 6.01. The van der Waals surface area contributed by atoms with Crippen LogP contribution in [0.25, 0.3) is 6.08 Å². The van der Waals surface area contributed by atoms with Crippen molar-refractivity contribution in [3.8, 4) is 28.7 Å². The molecule has 0 fully saturated rings. The van der Waals surface area contributed by atoms with Gasteiger partial charge in [-0.25, -0.2) is 0 Å². The van der Waals surface area contributed by atoms with E-state index in [0.717, 1.165) is 0 Å². The van der Waals surface area contributed by atoms with E-state index in [1.807, 2.05) is 0 Å². The Bertz CT molecular complexity index is 706. The van der Waals surface area contributed by atoms with Gasteiger partial charge < -0.3 is 25.2 Å². The molecule has 5 N–H and O–H groups in total. The molecule has 2 aromatic carbocycles. The van der Waals surface area contributed by atoms with Crippen LogP contribution in [0.4, 0.5) is 0 Å². The van der Waals surface area contributed by atoms with Crippen molar-refractivity contribution in [3.05, 3.63) is 47.5 Å². The molecular weight excluding hydrogens is 260 g/mol. The molecular formula is C15H13O5+. The Labute approximate surface area is 114 Å². The molecule has 0 radical (unpaired) electrons. The molecule has 20 heavy (non-hydrogen) atoms. The van der Waals surface area contributed by atoms with E-state index in [1.54, 1.807) is 18.2 Å². The Morgan fingerprint density at radius 2 is 1.65 bits per heavy atom. The van der Waals surface area contributed by atoms with Gasteiger partial charge in [0.15, 0.2) is 11.5 Å². The summed E-state index contributed by atoms with van der Waals surface area (Å²) in [4.78, 5) is 0. The third kappa shape index (κ3) is 1.99. The zero-order valence-corrected chi connectivity index (χ0v) is 10.4.